The standard InChI is InChI=1S/C23H29NO4/c25-21(20-2-1-11-28-20)24-9-7-23(8-10-24)14-19(23)16-5-3-15(4-6-16)17-12-18(13-17)22(26)27/h3-6,17-20H,1-2,7-14H2,(H,26,27)/t17?,18?,19-,20+/m0/s1. The van der Waals surface area contributed by atoms with Gasteiger partial charge in [-0.15, -0.1) is 0 Å². The number of carboxylic acid groups (broad SMARTS) is 1. The fourth-order valence-electron chi connectivity index (χ4n) is 5.61. The van der Waals surface area contributed by atoms with E-state index < -0.39 is 5.97 Å². The Balaban J connectivity index is 1.15. The lowest BCUT2D eigenvalue weighted by Crippen LogP contribution is -2.44. The second kappa shape index (κ2) is 6.87. The van der Waals surface area contributed by atoms with Crippen molar-refractivity contribution in [1.82, 2.24) is 4.90 Å². The highest BCUT2D eigenvalue weighted by molar-refractivity contribution is 5.81. The van der Waals surface area contributed by atoms with E-state index in [2.05, 4.69) is 24.3 Å². The van der Waals surface area contributed by atoms with Gasteiger partial charge < -0.3 is 14.7 Å². The lowest BCUT2D eigenvalue weighted by atomic mass is 9.71. The molecule has 2 aliphatic heterocycles. The average molecular weight is 383 g/mol. The number of ether oxygens (including phenoxy) is 1. The number of aliphatic carboxylic acids is 1. The fraction of sp³-hybridized carbons (Fsp3) is 0.652. The summed E-state index contributed by atoms with van der Waals surface area (Å²) < 4.78 is 5.57. The van der Waals surface area contributed by atoms with Crippen LogP contribution < -0.4 is 0 Å². The van der Waals surface area contributed by atoms with E-state index >= 15 is 0 Å². The second-order valence-corrected chi connectivity index (χ2v) is 9.32. The summed E-state index contributed by atoms with van der Waals surface area (Å²) in [6.07, 6.45) is 6.67. The lowest BCUT2D eigenvalue weighted by Gasteiger charge is -2.34. The zero-order chi connectivity index (χ0) is 19.3. The number of nitrogens with zero attached hydrogens (tertiary/aromatic N) is 1. The topological polar surface area (TPSA) is 66.8 Å². The number of carbonyl (C=O) groups excluding carboxylic acids is 1. The molecule has 2 atom stereocenters. The molecule has 28 heavy (non-hydrogen) atoms. The molecule has 150 valence electrons. The van der Waals surface area contributed by atoms with Gasteiger partial charge in [0.15, 0.2) is 0 Å². The van der Waals surface area contributed by atoms with Gasteiger partial charge in [-0.05, 0) is 73.3 Å². The van der Waals surface area contributed by atoms with Crippen LogP contribution in [0.3, 0.4) is 0 Å². The van der Waals surface area contributed by atoms with Crippen molar-refractivity contribution in [3.05, 3.63) is 35.4 Å². The van der Waals surface area contributed by atoms with Gasteiger partial charge in [-0.2, -0.15) is 0 Å². The smallest absolute Gasteiger partial charge is 0.306 e. The van der Waals surface area contributed by atoms with Crippen LogP contribution in [0.25, 0.3) is 0 Å². The lowest BCUT2D eigenvalue weighted by molar-refractivity contribution is -0.145. The predicted octanol–water partition coefficient (Wildman–Crippen LogP) is 3.54. The highest BCUT2D eigenvalue weighted by Gasteiger charge is 2.55. The molecule has 1 aromatic carbocycles. The maximum Gasteiger partial charge on any atom is 0.306 e. The Bertz CT molecular complexity index is 753. The van der Waals surface area contributed by atoms with Crippen LogP contribution in [0, 0.1) is 11.3 Å². The Morgan fingerprint density at radius 3 is 2.36 bits per heavy atom. The zero-order valence-corrected chi connectivity index (χ0v) is 16.3. The van der Waals surface area contributed by atoms with E-state index in [1.54, 1.807) is 0 Å². The number of carboxylic acids is 1. The quantitative estimate of drug-likeness (QED) is 0.864. The molecule has 0 unspecified atom stereocenters. The molecule has 4 fully saturated rings. The number of carbonyl (C=O) groups is 2. The largest absolute Gasteiger partial charge is 0.481 e. The minimum Gasteiger partial charge on any atom is -0.481 e. The second-order valence-electron chi connectivity index (χ2n) is 9.32. The molecule has 0 bridgehead atoms. The van der Waals surface area contributed by atoms with Crippen LogP contribution in [0.2, 0.25) is 0 Å². The normalized spacial score (nSPS) is 33.5. The number of rotatable bonds is 4. The van der Waals surface area contributed by atoms with Gasteiger partial charge in [0.25, 0.3) is 5.91 Å². The molecule has 1 spiro atoms. The van der Waals surface area contributed by atoms with Crippen molar-refractivity contribution in [2.24, 2.45) is 11.3 Å². The van der Waals surface area contributed by atoms with Gasteiger partial charge in [0.2, 0.25) is 0 Å². The number of amides is 1. The van der Waals surface area contributed by atoms with E-state index in [-0.39, 0.29) is 17.9 Å². The molecule has 0 radical (unpaired) electrons. The maximum atomic E-state index is 12.5. The Hall–Kier alpha value is -1.88. The van der Waals surface area contributed by atoms with Crippen molar-refractivity contribution in [2.45, 2.75) is 62.9 Å². The molecule has 2 aliphatic carbocycles. The summed E-state index contributed by atoms with van der Waals surface area (Å²) in [5.41, 5.74) is 3.09. The van der Waals surface area contributed by atoms with Crippen molar-refractivity contribution < 1.29 is 19.4 Å². The zero-order valence-electron chi connectivity index (χ0n) is 16.3. The van der Waals surface area contributed by atoms with E-state index in [0.29, 0.717) is 17.3 Å². The summed E-state index contributed by atoms with van der Waals surface area (Å²) >= 11 is 0. The van der Waals surface area contributed by atoms with Crippen LogP contribution in [0.4, 0.5) is 0 Å². The van der Waals surface area contributed by atoms with E-state index in [1.807, 2.05) is 4.90 Å². The first-order valence-corrected chi connectivity index (χ1v) is 10.8. The number of piperidine rings is 1. The first-order valence-electron chi connectivity index (χ1n) is 10.8. The van der Waals surface area contributed by atoms with Gasteiger partial charge in [-0.3, -0.25) is 9.59 Å². The predicted molar refractivity (Wildman–Crippen MR) is 104 cm³/mol. The maximum absolute atomic E-state index is 12.5. The third-order valence-electron chi connectivity index (χ3n) is 7.76. The molecule has 4 aliphatic rings. The first kappa shape index (κ1) is 18.2. The molecule has 5 rings (SSSR count). The van der Waals surface area contributed by atoms with Gasteiger partial charge in [0.1, 0.15) is 6.10 Å². The van der Waals surface area contributed by atoms with Crippen LogP contribution >= 0.6 is 0 Å². The van der Waals surface area contributed by atoms with E-state index in [1.165, 1.54) is 17.5 Å². The Morgan fingerprint density at radius 1 is 1.07 bits per heavy atom. The van der Waals surface area contributed by atoms with Gasteiger partial charge in [0.05, 0.1) is 5.92 Å². The highest BCUT2D eigenvalue weighted by Crippen LogP contribution is 2.65. The summed E-state index contributed by atoms with van der Waals surface area (Å²) in [6, 6.07) is 8.93. The van der Waals surface area contributed by atoms with Gasteiger partial charge in [-0.1, -0.05) is 24.3 Å². The van der Waals surface area contributed by atoms with E-state index in [4.69, 9.17) is 9.84 Å². The van der Waals surface area contributed by atoms with E-state index in [9.17, 15) is 9.59 Å². The molecular formula is C23H29NO4. The van der Waals surface area contributed by atoms with E-state index in [0.717, 1.165) is 58.2 Å². The number of hydrogen-bond donors (Lipinski definition) is 1. The highest BCUT2D eigenvalue weighted by atomic mass is 16.5. The van der Waals surface area contributed by atoms with Crippen molar-refractivity contribution in [2.75, 3.05) is 19.7 Å². The van der Waals surface area contributed by atoms with Crippen LogP contribution in [-0.2, 0) is 14.3 Å². The average Bonchev–Trinajstić information content (AvgIpc) is 3.10. The number of hydrogen-bond acceptors (Lipinski definition) is 3. The van der Waals surface area contributed by atoms with Crippen molar-refractivity contribution >= 4 is 11.9 Å². The van der Waals surface area contributed by atoms with Crippen LogP contribution in [0.1, 0.15) is 67.9 Å². The van der Waals surface area contributed by atoms with Crippen LogP contribution in [0.5, 0.6) is 0 Å². The number of likely N-dealkylation sites (tertiary alicyclic amines) is 1. The fourth-order valence-corrected chi connectivity index (χ4v) is 5.61. The van der Waals surface area contributed by atoms with Crippen molar-refractivity contribution in [3.63, 3.8) is 0 Å². The molecule has 1 N–H and O–H groups in total. The minimum atomic E-state index is -0.655. The SMILES string of the molecule is O=C(O)C1CC(c2ccc([C@@H]3CC34CCN(C(=O)[C@H]3CCCO3)CC4)cc2)C1. The molecule has 5 nitrogen and oxygen atoms in total. The van der Waals surface area contributed by atoms with Crippen molar-refractivity contribution in [3.8, 4) is 0 Å². The third kappa shape index (κ3) is 3.14. The molecule has 0 aromatic heterocycles. The monoisotopic (exact) mass is 383 g/mol. The summed E-state index contributed by atoms with van der Waals surface area (Å²) in [4.78, 5) is 25.6. The molecule has 2 saturated heterocycles. The molecule has 1 amide bonds. The molecule has 5 heteroatoms. The van der Waals surface area contributed by atoms with Crippen molar-refractivity contribution in [1.29, 1.82) is 0 Å². The minimum absolute atomic E-state index is 0.154. The molecule has 2 heterocycles. The summed E-state index contributed by atoms with van der Waals surface area (Å²) in [5.74, 6) is 0.426. The van der Waals surface area contributed by atoms with Gasteiger partial charge in [-0.25, -0.2) is 0 Å². The summed E-state index contributed by atoms with van der Waals surface area (Å²) in [6.45, 7) is 2.46. The summed E-state index contributed by atoms with van der Waals surface area (Å²) in [7, 11) is 0. The summed E-state index contributed by atoms with van der Waals surface area (Å²) in [5, 5.41) is 9.05. The number of benzene rings is 1. The molecule has 2 saturated carbocycles. The Morgan fingerprint density at radius 2 is 1.75 bits per heavy atom. The molecule has 1 aromatic rings. The van der Waals surface area contributed by atoms with Gasteiger partial charge in [0, 0.05) is 19.7 Å². The Labute approximate surface area is 166 Å². The van der Waals surface area contributed by atoms with Crippen LogP contribution in [0.15, 0.2) is 24.3 Å². The van der Waals surface area contributed by atoms with Gasteiger partial charge >= 0.3 is 5.97 Å². The van der Waals surface area contributed by atoms with Crippen LogP contribution in [-0.4, -0.2) is 47.7 Å². The Kier molecular flexibility index (Phi) is 4.46. The first-order chi connectivity index (χ1) is 13.6. The molecular weight excluding hydrogens is 354 g/mol. The third-order valence-corrected chi connectivity index (χ3v) is 7.76.